The molecular weight excluding hydrogens is 472 g/mol. The lowest BCUT2D eigenvalue weighted by atomic mass is 10.1. The van der Waals surface area contributed by atoms with E-state index in [0.717, 1.165) is 37.0 Å². The summed E-state index contributed by atoms with van der Waals surface area (Å²) in [5.74, 6) is -0.368. The van der Waals surface area contributed by atoms with Crippen molar-refractivity contribution in [1.82, 2.24) is 9.62 Å². The Kier molecular flexibility index (Phi) is 9.50. The highest BCUT2D eigenvalue weighted by Gasteiger charge is 2.27. The van der Waals surface area contributed by atoms with Gasteiger partial charge in [-0.3, -0.25) is 4.79 Å². The van der Waals surface area contributed by atoms with E-state index in [1.54, 1.807) is 7.11 Å². The fraction of sp³-hybridized carbons (Fsp3) is 0.440. The van der Waals surface area contributed by atoms with Gasteiger partial charge in [0.25, 0.3) is 5.91 Å². The van der Waals surface area contributed by atoms with Crippen LogP contribution in [-0.4, -0.2) is 65.1 Å². The number of hydrogen-bond donors (Lipinski definition) is 1. The zero-order valence-corrected chi connectivity index (χ0v) is 20.9. The van der Waals surface area contributed by atoms with Gasteiger partial charge in [0.15, 0.2) is 6.61 Å². The van der Waals surface area contributed by atoms with Gasteiger partial charge in [0.2, 0.25) is 10.0 Å². The van der Waals surface area contributed by atoms with Crippen LogP contribution in [0.1, 0.15) is 41.6 Å². The molecule has 0 radical (unpaired) electrons. The Labute approximate surface area is 206 Å². The lowest BCUT2D eigenvalue weighted by Crippen LogP contribution is -2.32. The summed E-state index contributed by atoms with van der Waals surface area (Å²) < 4.78 is 43.2. The minimum Gasteiger partial charge on any atom is -0.497 e. The Balaban J connectivity index is 1.58. The zero-order valence-electron chi connectivity index (χ0n) is 20.1. The highest BCUT2D eigenvalue weighted by atomic mass is 32.2. The fourth-order valence-corrected chi connectivity index (χ4v) is 5.38. The summed E-state index contributed by atoms with van der Waals surface area (Å²) in [6, 6.07) is 11.6. The van der Waals surface area contributed by atoms with E-state index in [2.05, 4.69) is 5.32 Å². The molecular formula is C25H32N2O7S. The van der Waals surface area contributed by atoms with E-state index in [0.29, 0.717) is 26.1 Å². The van der Waals surface area contributed by atoms with Crippen molar-refractivity contribution in [2.75, 3.05) is 40.5 Å². The molecule has 9 nitrogen and oxygen atoms in total. The summed E-state index contributed by atoms with van der Waals surface area (Å²) >= 11 is 0. The predicted octanol–water partition coefficient (Wildman–Crippen LogP) is 2.78. The highest BCUT2D eigenvalue weighted by Crippen LogP contribution is 2.26. The molecule has 0 aliphatic carbocycles. The van der Waals surface area contributed by atoms with Crippen molar-refractivity contribution >= 4 is 21.9 Å². The van der Waals surface area contributed by atoms with E-state index < -0.39 is 28.5 Å². The Morgan fingerprint density at radius 3 is 2.26 bits per heavy atom. The van der Waals surface area contributed by atoms with Gasteiger partial charge in [-0.05, 0) is 55.2 Å². The molecule has 0 atom stereocenters. The van der Waals surface area contributed by atoms with Gasteiger partial charge in [-0.2, -0.15) is 4.31 Å². The lowest BCUT2D eigenvalue weighted by Gasteiger charge is -2.20. The molecule has 0 unspecified atom stereocenters. The molecule has 1 heterocycles. The first-order chi connectivity index (χ1) is 16.8. The first kappa shape index (κ1) is 26.5. The van der Waals surface area contributed by atoms with E-state index in [1.165, 1.54) is 29.6 Å². The van der Waals surface area contributed by atoms with Crippen LogP contribution < -0.4 is 14.8 Å². The maximum Gasteiger partial charge on any atom is 0.342 e. The zero-order chi connectivity index (χ0) is 25.3. The van der Waals surface area contributed by atoms with E-state index >= 15 is 0 Å². The van der Waals surface area contributed by atoms with E-state index in [4.69, 9.17) is 14.2 Å². The number of methoxy groups -OCH3 is 2. The molecule has 3 rings (SSSR count). The van der Waals surface area contributed by atoms with Crippen LogP contribution in [0.4, 0.5) is 0 Å². The van der Waals surface area contributed by atoms with Crippen LogP contribution in [0.2, 0.25) is 0 Å². The van der Waals surface area contributed by atoms with Crippen molar-refractivity contribution < 1.29 is 32.2 Å². The van der Waals surface area contributed by atoms with Crippen molar-refractivity contribution in [2.45, 2.75) is 37.0 Å². The topological polar surface area (TPSA) is 111 Å². The van der Waals surface area contributed by atoms with Crippen molar-refractivity contribution in [3.8, 4) is 11.5 Å². The average Bonchev–Trinajstić information content (AvgIpc) is 3.17. The minimum atomic E-state index is -3.76. The van der Waals surface area contributed by atoms with E-state index in [1.807, 2.05) is 24.3 Å². The third kappa shape index (κ3) is 7.19. The van der Waals surface area contributed by atoms with Gasteiger partial charge in [0.1, 0.15) is 17.1 Å². The summed E-state index contributed by atoms with van der Waals surface area (Å²) in [4.78, 5) is 24.8. The normalized spacial score (nSPS) is 14.6. The fourth-order valence-electron chi connectivity index (χ4n) is 3.84. The second-order valence-corrected chi connectivity index (χ2v) is 10.1. The molecule has 2 aromatic rings. The molecule has 0 spiro atoms. The van der Waals surface area contributed by atoms with Gasteiger partial charge in [0.05, 0.1) is 19.1 Å². The van der Waals surface area contributed by atoms with Gasteiger partial charge >= 0.3 is 5.97 Å². The quantitative estimate of drug-likeness (QED) is 0.495. The number of nitrogens with zero attached hydrogens (tertiary/aromatic N) is 1. The third-order valence-electron chi connectivity index (χ3n) is 5.82. The maximum atomic E-state index is 13.1. The number of carbonyl (C=O) groups excluding carboxylic acids is 2. The Morgan fingerprint density at radius 2 is 1.63 bits per heavy atom. The average molecular weight is 505 g/mol. The summed E-state index contributed by atoms with van der Waals surface area (Å²) in [5, 5.41) is 2.70. The largest absolute Gasteiger partial charge is 0.497 e. The Hall–Kier alpha value is -3.11. The van der Waals surface area contributed by atoms with Gasteiger partial charge in [0, 0.05) is 19.6 Å². The van der Waals surface area contributed by atoms with E-state index in [-0.39, 0.29) is 16.2 Å². The van der Waals surface area contributed by atoms with Crippen LogP contribution in [0.3, 0.4) is 0 Å². The molecule has 1 aliphatic heterocycles. The molecule has 10 heteroatoms. The highest BCUT2D eigenvalue weighted by molar-refractivity contribution is 7.89. The van der Waals surface area contributed by atoms with Crippen LogP contribution in [0.15, 0.2) is 47.4 Å². The number of esters is 1. The van der Waals surface area contributed by atoms with Crippen LogP contribution in [-0.2, 0) is 26.0 Å². The monoisotopic (exact) mass is 504 g/mol. The van der Waals surface area contributed by atoms with Crippen molar-refractivity contribution in [3.63, 3.8) is 0 Å². The van der Waals surface area contributed by atoms with Gasteiger partial charge in [-0.15, -0.1) is 0 Å². The number of carbonyl (C=O) groups is 2. The molecule has 2 aromatic carbocycles. The van der Waals surface area contributed by atoms with Crippen molar-refractivity contribution in [3.05, 3.63) is 53.6 Å². The molecule has 35 heavy (non-hydrogen) atoms. The minimum absolute atomic E-state index is 0.00362. The molecule has 0 aromatic heterocycles. The van der Waals surface area contributed by atoms with Crippen LogP contribution in [0, 0.1) is 0 Å². The number of nitrogens with one attached hydrogen (secondary N) is 1. The summed E-state index contributed by atoms with van der Waals surface area (Å²) in [5.41, 5.74) is 0.977. The molecule has 1 fully saturated rings. The molecule has 1 amide bonds. The summed E-state index contributed by atoms with van der Waals surface area (Å²) in [7, 11) is -0.787. The smallest absolute Gasteiger partial charge is 0.342 e. The summed E-state index contributed by atoms with van der Waals surface area (Å²) in [6.07, 6.45) is 4.20. The number of ether oxygens (including phenoxy) is 3. The van der Waals surface area contributed by atoms with Crippen LogP contribution in [0.5, 0.6) is 11.5 Å². The van der Waals surface area contributed by atoms with Gasteiger partial charge < -0.3 is 19.5 Å². The number of hydrogen-bond acceptors (Lipinski definition) is 7. The van der Waals surface area contributed by atoms with Gasteiger partial charge in [-0.1, -0.05) is 25.0 Å². The molecule has 0 saturated carbocycles. The predicted molar refractivity (Wildman–Crippen MR) is 130 cm³/mol. The molecule has 1 N–H and O–H groups in total. The second-order valence-electron chi connectivity index (χ2n) is 8.20. The molecule has 1 saturated heterocycles. The van der Waals surface area contributed by atoms with Crippen molar-refractivity contribution in [1.29, 1.82) is 0 Å². The molecule has 0 bridgehead atoms. The van der Waals surface area contributed by atoms with Gasteiger partial charge in [-0.25, -0.2) is 13.2 Å². The number of benzene rings is 2. The Bertz CT molecular complexity index is 1110. The SMILES string of the molecule is COc1ccc(CCNC(=O)COC(=O)c2cc(S(=O)(=O)N3CCCCCC3)ccc2OC)cc1. The first-order valence-corrected chi connectivity index (χ1v) is 13.0. The molecule has 190 valence electrons. The van der Waals surface area contributed by atoms with E-state index in [9.17, 15) is 18.0 Å². The Morgan fingerprint density at radius 1 is 0.943 bits per heavy atom. The number of sulfonamides is 1. The maximum absolute atomic E-state index is 13.1. The first-order valence-electron chi connectivity index (χ1n) is 11.6. The van der Waals surface area contributed by atoms with Crippen LogP contribution >= 0.6 is 0 Å². The number of amides is 1. The van der Waals surface area contributed by atoms with Crippen molar-refractivity contribution in [2.24, 2.45) is 0 Å². The number of rotatable bonds is 10. The van der Waals surface area contributed by atoms with Crippen LogP contribution in [0.25, 0.3) is 0 Å². The third-order valence-corrected chi connectivity index (χ3v) is 7.72. The second kappa shape index (κ2) is 12.6. The lowest BCUT2D eigenvalue weighted by molar-refractivity contribution is -0.124. The molecule has 1 aliphatic rings. The summed E-state index contributed by atoms with van der Waals surface area (Å²) in [6.45, 7) is 0.777. The standard InChI is InChI=1S/C25H32N2O7S/c1-32-20-9-7-19(8-10-20)13-14-26-24(28)18-34-25(29)22-17-21(11-12-23(22)33-2)35(30,31)27-15-5-3-4-6-16-27/h7-12,17H,3-6,13-16,18H2,1-2H3,(H,26,28).